The molecule has 0 N–H and O–H groups in total. The summed E-state index contributed by atoms with van der Waals surface area (Å²) in [5.41, 5.74) is 12.4. The molecule has 1 saturated carbocycles. The molecule has 0 amide bonds. The third-order valence-electron chi connectivity index (χ3n) is 8.83. The third-order valence-corrected chi connectivity index (χ3v) is 14.6. The van der Waals surface area contributed by atoms with E-state index in [2.05, 4.69) is 135 Å². The van der Waals surface area contributed by atoms with Crippen LogP contribution in [0.2, 0.25) is 0 Å². The van der Waals surface area contributed by atoms with Gasteiger partial charge in [-0.1, -0.05) is 131 Å². The Hall–Kier alpha value is -2.26. The lowest BCUT2D eigenvalue weighted by molar-refractivity contribution is 0.548. The highest BCUT2D eigenvalue weighted by Gasteiger charge is 2.41. The average Bonchev–Trinajstić information content (AvgIpc) is 3.31. The molecule has 0 aliphatic heterocycles. The summed E-state index contributed by atoms with van der Waals surface area (Å²) in [4.78, 5) is 0. The molecule has 0 aromatic heterocycles. The van der Waals surface area contributed by atoms with Gasteiger partial charge in [0.15, 0.2) is 0 Å². The minimum Gasteiger partial charge on any atom is -0.0576 e. The van der Waals surface area contributed by atoms with E-state index in [-0.39, 0.29) is 0 Å². The summed E-state index contributed by atoms with van der Waals surface area (Å²) in [5, 5.41) is 6.27. The molecule has 1 fully saturated rings. The molecule has 2 heteroatoms. The Bertz CT molecular complexity index is 1360. The van der Waals surface area contributed by atoms with Crippen molar-refractivity contribution in [3.8, 4) is 0 Å². The first-order chi connectivity index (χ1) is 19.5. The molecule has 214 valence electrons. The maximum absolute atomic E-state index is 2.61. The van der Waals surface area contributed by atoms with Crippen molar-refractivity contribution in [3.63, 3.8) is 0 Å². The van der Waals surface area contributed by atoms with Crippen molar-refractivity contribution in [2.45, 2.75) is 92.9 Å². The van der Waals surface area contributed by atoms with Gasteiger partial charge in [-0.3, -0.25) is 0 Å². The molecule has 4 aromatic rings. The van der Waals surface area contributed by atoms with Crippen LogP contribution in [0.4, 0.5) is 0 Å². The second kappa shape index (κ2) is 12.5. The van der Waals surface area contributed by atoms with Crippen LogP contribution in [-0.2, 0) is 0 Å². The topological polar surface area (TPSA) is 0 Å². The van der Waals surface area contributed by atoms with Crippen molar-refractivity contribution in [1.82, 2.24) is 0 Å². The summed E-state index contributed by atoms with van der Waals surface area (Å²) < 4.78 is 0. The Labute approximate surface area is 252 Å². The van der Waals surface area contributed by atoms with Crippen LogP contribution >= 0.6 is 15.8 Å². The van der Waals surface area contributed by atoms with Crippen LogP contribution in [0.25, 0.3) is 0 Å². The molecule has 0 spiro atoms. The molecule has 4 aromatic carbocycles. The number of rotatable bonds is 7. The van der Waals surface area contributed by atoms with Crippen LogP contribution in [0.1, 0.15) is 70.7 Å². The maximum atomic E-state index is 2.61. The average molecular weight is 579 g/mol. The predicted octanol–water partition coefficient (Wildman–Crippen LogP) is 9.28. The lowest BCUT2D eigenvalue weighted by atomic mass is 10.0. The molecule has 1 aliphatic carbocycles. The summed E-state index contributed by atoms with van der Waals surface area (Å²) >= 11 is 0. The molecule has 3 atom stereocenters. The maximum Gasteiger partial charge on any atom is -0.00943 e. The van der Waals surface area contributed by atoms with Crippen molar-refractivity contribution in [1.29, 1.82) is 0 Å². The molecular formula is C39H48P2. The zero-order valence-corrected chi connectivity index (χ0v) is 28.5. The number of benzene rings is 4. The van der Waals surface area contributed by atoms with Crippen molar-refractivity contribution in [3.05, 3.63) is 117 Å². The van der Waals surface area contributed by atoms with E-state index >= 15 is 0 Å². The van der Waals surface area contributed by atoms with Gasteiger partial charge in [-0.05, 0) is 123 Å². The van der Waals surface area contributed by atoms with Gasteiger partial charge in [0.25, 0.3) is 0 Å². The molecular weight excluding hydrogens is 530 g/mol. The normalized spacial score (nSPS) is 17.9. The molecule has 5 rings (SSSR count). The molecule has 1 unspecified atom stereocenters. The number of hydrogen-bond donors (Lipinski definition) is 0. The Kier molecular flexibility index (Phi) is 9.24. The van der Waals surface area contributed by atoms with E-state index in [1.165, 1.54) is 63.8 Å². The first-order valence-electron chi connectivity index (χ1n) is 15.4. The van der Waals surface area contributed by atoms with Gasteiger partial charge in [-0.25, -0.2) is 0 Å². The summed E-state index contributed by atoms with van der Waals surface area (Å²) in [5.74, 6) is 0.704. The predicted molar refractivity (Wildman–Crippen MR) is 187 cm³/mol. The highest BCUT2D eigenvalue weighted by molar-refractivity contribution is 7.74. The van der Waals surface area contributed by atoms with Crippen molar-refractivity contribution in [2.75, 3.05) is 0 Å². The van der Waals surface area contributed by atoms with Crippen molar-refractivity contribution in [2.24, 2.45) is 5.92 Å². The second-order valence-corrected chi connectivity index (χ2v) is 18.0. The van der Waals surface area contributed by atoms with Gasteiger partial charge >= 0.3 is 0 Å². The van der Waals surface area contributed by atoms with Crippen LogP contribution in [0.15, 0.2) is 72.8 Å². The highest BCUT2D eigenvalue weighted by atomic mass is 31.1. The minimum absolute atomic E-state index is 0.466. The standard InChI is InChI=1S/C39H48P2/c1-25-13-26(2)18-34(17-25)40(35-19-27(3)14-28(4)20-35)33(9)38-11-10-12-39(38)41(36-21-29(5)15-30(6)22-36)37-23-31(7)16-32(8)24-37/h13-24,33,38-39H,10-12H2,1-9H3/t33-,38?,39+/m1/s1. The second-order valence-electron chi connectivity index (χ2n) is 13.0. The highest BCUT2D eigenvalue weighted by Crippen LogP contribution is 2.56. The zero-order chi connectivity index (χ0) is 29.4. The molecule has 0 saturated heterocycles. The monoisotopic (exact) mass is 578 g/mol. The number of aryl methyl sites for hydroxylation is 8. The molecule has 0 radical (unpaired) electrons. The van der Waals surface area contributed by atoms with E-state index in [0.29, 0.717) is 17.2 Å². The van der Waals surface area contributed by atoms with Crippen LogP contribution in [0, 0.1) is 61.3 Å². The SMILES string of the molecule is Cc1cc(C)cc(P(c2cc(C)cc(C)c2)[C@H](C)C2CCC[C@@H]2P(c2cc(C)cc(C)c2)c2cc(C)cc(C)c2)c1. The molecule has 1 aliphatic rings. The van der Waals surface area contributed by atoms with Gasteiger partial charge in [0.2, 0.25) is 0 Å². The summed E-state index contributed by atoms with van der Waals surface area (Å²) in [6.07, 6.45) is 4.02. The van der Waals surface area contributed by atoms with Crippen molar-refractivity contribution >= 4 is 37.1 Å². The van der Waals surface area contributed by atoms with Gasteiger partial charge in [-0.2, -0.15) is 0 Å². The smallest absolute Gasteiger partial charge is 0.00943 e. The van der Waals surface area contributed by atoms with Gasteiger partial charge < -0.3 is 0 Å². The Morgan fingerprint density at radius 2 is 0.780 bits per heavy atom. The molecule has 0 bridgehead atoms. The molecule has 0 nitrogen and oxygen atoms in total. The quantitative estimate of drug-likeness (QED) is 0.192. The van der Waals surface area contributed by atoms with Crippen LogP contribution in [0.3, 0.4) is 0 Å². The summed E-state index contributed by atoms with van der Waals surface area (Å²) in [6, 6.07) is 29.4. The lowest BCUT2D eigenvalue weighted by Gasteiger charge is -2.38. The number of hydrogen-bond acceptors (Lipinski definition) is 0. The van der Waals surface area contributed by atoms with Gasteiger partial charge in [0.05, 0.1) is 0 Å². The minimum atomic E-state index is -0.492. The van der Waals surface area contributed by atoms with Gasteiger partial charge in [0.1, 0.15) is 0 Å². The van der Waals surface area contributed by atoms with Crippen LogP contribution < -0.4 is 21.2 Å². The Balaban J connectivity index is 1.65. The fourth-order valence-electron chi connectivity index (χ4n) is 7.55. The van der Waals surface area contributed by atoms with E-state index in [1.54, 1.807) is 21.2 Å². The summed E-state index contributed by atoms with van der Waals surface area (Å²) in [6.45, 7) is 20.8. The van der Waals surface area contributed by atoms with Crippen molar-refractivity contribution < 1.29 is 0 Å². The van der Waals surface area contributed by atoms with Crippen LogP contribution in [0.5, 0.6) is 0 Å². The molecule has 0 heterocycles. The largest absolute Gasteiger partial charge is 0.0576 e. The van der Waals surface area contributed by atoms with Gasteiger partial charge in [0, 0.05) is 0 Å². The third kappa shape index (κ3) is 6.87. The van der Waals surface area contributed by atoms with E-state index in [4.69, 9.17) is 0 Å². The van der Waals surface area contributed by atoms with Gasteiger partial charge in [-0.15, -0.1) is 0 Å². The van der Waals surface area contributed by atoms with E-state index < -0.39 is 15.8 Å². The Morgan fingerprint density at radius 3 is 1.12 bits per heavy atom. The van der Waals surface area contributed by atoms with E-state index in [0.717, 1.165) is 0 Å². The fraction of sp³-hybridized carbons (Fsp3) is 0.385. The lowest BCUT2D eigenvalue weighted by Crippen LogP contribution is -2.33. The summed E-state index contributed by atoms with van der Waals surface area (Å²) in [7, 11) is -0.957. The van der Waals surface area contributed by atoms with Crippen LogP contribution in [-0.4, -0.2) is 11.3 Å². The zero-order valence-electron chi connectivity index (χ0n) is 26.7. The first-order valence-corrected chi connectivity index (χ1v) is 18.2. The molecule has 41 heavy (non-hydrogen) atoms. The first kappa shape index (κ1) is 30.2. The van der Waals surface area contributed by atoms with E-state index in [9.17, 15) is 0 Å². The van der Waals surface area contributed by atoms with E-state index in [1.807, 2.05) is 0 Å². The fourth-order valence-corrected chi connectivity index (χ4v) is 14.7. The Morgan fingerprint density at radius 1 is 0.463 bits per heavy atom.